The highest BCUT2D eigenvalue weighted by Gasteiger charge is 2.58. The lowest BCUT2D eigenvalue weighted by molar-refractivity contribution is -0.151. The van der Waals surface area contributed by atoms with E-state index in [0.29, 0.717) is 68.3 Å². The van der Waals surface area contributed by atoms with E-state index in [0.717, 1.165) is 81.0 Å². The number of hydrogen-bond acceptors (Lipinski definition) is 9. The highest BCUT2D eigenvalue weighted by Crippen LogP contribution is 2.62. The van der Waals surface area contributed by atoms with Crippen LogP contribution in [0.1, 0.15) is 72.4 Å². The number of aromatic nitrogens is 2. The van der Waals surface area contributed by atoms with E-state index in [9.17, 15) is 9.65 Å². The highest BCUT2D eigenvalue weighted by atomic mass is 19.1. The summed E-state index contributed by atoms with van der Waals surface area (Å²) in [5.74, 6) is 1.61. The second kappa shape index (κ2) is 9.51. The zero-order valence-corrected chi connectivity index (χ0v) is 23.4. The number of hydrogen-bond donors (Lipinski definition) is 1. The van der Waals surface area contributed by atoms with E-state index in [-0.39, 0.29) is 5.54 Å². The van der Waals surface area contributed by atoms with Crippen molar-refractivity contribution in [2.45, 2.75) is 74.8 Å². The molecule has 3 saturated heterocycles. The first-order chi connectivity index (χ1) is 20.0. The quantitative estimate of drug-likeness (QED) is 0.561. The fourth-order valence-electron chi connectivity index (χ4n) is 8.65. The number of ether oxygens (including phenoxy) is 3. The molecule has 2 aromatic rings. The molecule has 3 aliphatic carbocycles. The molecule has 216 valence electrons. The zero-order valence-electron chi connectivity index (χ0n) is 23.4. The van der Waals surface area contributed by atoms with Crippen LogP contribution >= 0.6 is 0 Å². The number of benzene rings is 1. The number of nitrogens with zero attached hydrogens (tertiary/aromatic N) is 5. The molecular weight excluding hydrogens is 523 g/mol. The molecule has 4 aliphatic heterocycles. The van der Waals surface area contributed by atoms with Crippen LogP contribution in [0.2, 0.25) is 0 Å². The SMILES string of the molecule is N#Cc1c(N)ccc2c1C1(Cc3nc(OC[C@@]45CCCN4CC(F)C5)nc(N4CCCOCC4)c3CO1)C1CC2C1. The average molecular weight is 561 g/mol. The highest BCUT2D eigenvalue weighted by molar-refractivity contribution is 5.65. The van der Waals surface area contributed by atoms with Gasteiger partial charge in [-0.1, -0.05) is 6.07 Å². The van der Waals surface area contributed by atoms with Crippen molar-refractivity contribution >= 4 is 11.5 Å². The van der Waals surface area contributed by atoms with Gasteiger partial charge in [-0.3, -0.25) is 4.90 Å². The molecule has 1 spiro atoms. The Morgan fingerprint density at radius 1 is 1.17 bits per heavy atom. The number of nitrogens with two attached hydrogens (primary N) is 1. The summed E-state index contributed by atoms with van der Waals surface area (Å²) < 4.78 is 33.5. The molecule has 2 N–H and O–H groups in total. The Morgan fingerprint density at radius 3 is 2.95 bits per heavy atom. The van der Waals surface area contributed by atoms with Crippen LogP contribution in [0.4, 0.5) is 15.9 Å². The zero-order chi connectivity index (χ0) is 27.8. The summed E-state index contributed by atoms with van der Waals surface area (Å²) >= 11 is 0. The smallest absolute Gasteiger partial charge is 0.318 e. The summed E-state index contributed by atoms with van der Waals surface area (Å²) in [4.78, 5) is 14.5. The van der Waals surface area contributed by atoms with Gasteiger partial charge in [-0.2, -0.15) is 15.2 Å². The third-order valence-corrected chi connectivity index (χ3v) is 10.7. The molecular formula is C31H37FN6O3. The number of anilines is 2. The normalized spacial score (nSPS) is 33.9. The van der Waals surface area contributed by atoms with Gasteiger partial charge in [0, 0.05) is 55.9 Å². The van der Waals surface area contributed by atoms with Gasteiger partial charge >= 0.3 is 6.01 Å². The van der Waals surface area contributed by atoms with E-state index >= 15 is 0 Å². The minimum absolute atomic E-state index is 0.276. The Hall–Kier alpha value is -3.00. The molecule has 2 bridgehead atoms. The summed E-state index contributed by atoms with van der Waals surface area (Å²) in [6, 6.07) is 6.70. The molecule has 10 heteroatoms. The van der Waals surface area contributed by atoms with Gasteiger partial charge in [-0.25, -0.2) is 4.39 Å². The molecule has 0 radical (unpaired) electrons. The predicted molar refractivity (Wildman–Crippen MR) is 149 cm³/mol. The van der Waals surface area contributed by atoms with Crippen LogP contribution in [0, 0.1) is 17.2 Å². The van der Waals surface area contributed by atoms with Gasteiger partial charge in [-0.15, -0.1) is 0 Å². The van der Waals surface area contributed by atoms with Crippen molar-refractivity contribution in [2.75, 3.05) is 56.6 Å². The van der Waals surface area contributed by atoms with Crippen LogP contribution in [0.25, 0.3) is 0 Å². The van der Waals surface area contributed by atoms with Crippen molar-refractivity contribution in [2.24, 2.45) is 5.92 Å². The Kier molecular flexibility index (Phi) is 5.96. The number of nitriles is 1. The van der Waals surface area contributed by atoms with Gasteiger partial charge in [0.1, 0.15) is 30.3 Å². The Labute approximate surface area is 239 Å². The van der Waals surface area contributed by atoms with Crippen molar-refractivity contribution in [3.05, 3.63) is 40.1 Å². The lowest BCUT2D eigenvalue weighted by Gasteiger charge is -2.57. The first kappa shape index (κ1) is 25.7. The standard InChI is InChI=1S/C31H37FN6O3/c32-21-13-30(5-1-7-38(30)16-21)18-40-29-35-26-14-31(41-17-24(26)28(36-29)37-6-2-9-39-10-8-37)20-11-19(12-20)22-3-4-25(34)23(15-33)27(22)31/h3-4,19-21H,1-2,5-14,16-18,34H2/t19?,20?,21?,30-,31?/m0/s1. The number of alkyl halides is 1. The summed E-state index contributed by atoms with van der Waals surface area (Å²) in [6.07, 6.45) is 5.24. The number of fused-ring (bicyclic) bond motifs is 2. The van der Waals surface area contributed by atoms with Crippen LogP contribution in [0.5, 0.6) is 6.01 Å². The number of rotatable bonds is 4. The first-order valence-electron chi connectivity index (χ1n) is 15.2. The van der Waals surface area contributed by atoms with Crippen molar-refractivity contribution in [1.82, 2.24) is 14.9 Å². The van der Waals surface area contributed by atoms with Crippen LogP contribution in [-0.2, 0) is 28.1 Å². The maximum absolute atomic E-state index is 14.4. The fourth-order valence-corrected chi connectivity index (χ4v) is 8.65. The van der Waals surface area contributed by atoms with E-state index in [1.54, 1.807) is 0 Å². The average Bonchev–Trinajstić information content (AvgIpc) is 3.32. The van der Waals surface area contributed by atoms with E-state index in [4.69, 9.17) is 29.9 Å². The minimum atomic E-state index is -0.813. The summed E-state index contributed by atoms with van der Waals surface area (Å²) in [5.41, 5.74) is 10.5. The van der Waals surface area contributed by atoms with E-state index in [2.05, 4.69) is 21.9 Å². The molecule has 9 nitrogen and oxygen atoms in total. The Balaban J connectivity index is 1.19. The number of nitrogen functional groups attached to an aromatic ring is 1. The van der Waals surface area contributed by atoms with Gasteiger partial charge < -0.3 is 24.8 Å². The molecule has 1 saturated carbocycles. The lowest BCUT2D eigenvalue weighted by atomic mass is 9.53. The summed E-state index contributed by atoms with van der Waals surface area (Å²) in [6.45, 7) is 5.09. The van der Waals surface area contributed by atoms with E-state index in [1.807, 2.05) is 6.07 Å². The van der Waals surface area contributed by atoms with Crippen molar-refractivity contribution in [1.29, 1.82) is 5.26 Å². The van der Waals surface area contributed by atoms with Crippen LogP contribution < -0.4 is 15.4 Å². The van der Waals surface area contributed by atoms with Gasteiger partial charge in [0.05, 0.1) is 30.0 Å². The van der Waals surface area contributed by atoms with Crippen molar-refractivity contribution < 1.29 is 18.6 Å². The second-order valence-electron chi connectivity index (χ2n) is 12.9. The van der Waals surface area contributed by atoms with Gasteiger partial charge in [0.15, 0.2) is 0 Å². The third kappa shape index (κ3) is 3.89. The predicted octanol–water partition coefficient (Wildman–Crippen LogP) is 3.59. The Morgan fingerprint density at radius 2 is 2.07 bits per heavy atom. The Bertz CT molecular complexity index is 1420. The van der Waals surface area contributed by atoms with Crippen LogP contribution in [0.3, 0.4) is 0 Å². The van der Waals surface area contributed by atoms with Crippen LogP contribution in [-0.4, -0.2) is 72.6 Å². The topological polar surface area (TPSA) is 110 Å². The molecule has 41 heavy (non-hydrogen) atoms. The fraction of sp³-hybridized carbons (Fsp3) is 0.645. The van der Waals surface area contributed by atoms with E-state index < -0.39 is 11.8 Å². The molecule has 0 amide bonds. The molecule has 5 heterocycles. The van der Waals surface area contributed by atoms with Crippen molar-refractivity contribution in [3.63, 3.8) is 0 Å². The molecule has 9 rings (SSSR count). The lowest BCUT2D eigenvalue weighted by Crippen LogP contribution is -2.53. The monoisotopic (exact) mass is 560 g/mol. The van der Waals surface area contributed by atoms with Gasteiger partial charge in [0.2, 0.25) is 0 Å². The van der Waals surface area contributed by atoms with Gasteiger partial charge in [0.25, 0.3) is 0 Å². The largest absolute Gasteiger partial charge is 0.461 e. The molecule has 1 aromatic carbocycles. The maximum atomic E-state index is 14.4. The van der Waals surface area contributed by atoms with Gasteiger partial charge in [-0.05, 0) is 62.1 Å². The van der Waals surface area contributed by atoms with Crippen molar-refractivity contribution in [3.8, 4) is 12.1 Å². The third-order valence-electron chi connectivity index (χ3n) is 10.7. The maximum Gasteiger partial charge on any atom is 0.318 e. The summed E-state index contributed by atoms with van der Waals surface area (Å²) in [7, 11) is 0. The number of halogens is 1. The van der Waals surface area contributed by atoms with Crippen LogP contribution in [0.15, 0.2) is 12.1 Å². The molecule has 4 fully saturated rings. The summed E-state index contributed by atoms with van der Waals surface area (Å²) in [5, 5.41) is 10.2. The molecule has 7 aliphatic rings. The second-order valence-corrected chi connectivity index (χ2v) is 12.9. The molecule has 3 atom stereocenters. The minimum Gasteiger partial charge on any atom is -0.461 e. The molecule has 1 aromatic heterocycles. The van der Waals surface area contributed by atoms with E-state index in [1.165, 1.54) is 5.56 Å². The first-order valence-corrected chi connectivity index (χ1v) is 15.2. The molecule has 2 unspecified atom stereocenters.